The lowest BCUT2D eigenvalue weighted by Gasteiger charge is -2.10. The minimum atomic E-state index is -0.118. The predicted molar refractivity (Wildman–Crippen MR) is 55.8 cm³/mol. The van der Waals surface area contributed by atoms with E-state index in [0.717, 1.165) is 18.5 Å². The highest BCUT2D eigenvalue weighted by molar-refractivity contribution is 6.20. The maximum atomic E-state index is 10.8. The van der Waals surface area contributed by atoms with Gasteiger partial charge in [-0.25, -0.2) is 0 Å². The van der Waals surface area contributed by atoms with Gasteiger partial charge in [0.1, 0.15) is 0 Å². The van der Waals surface area contributed by atoms with Gasteiger partial charge in [0.25, 0.3) is 0 Å². The monoisotopic (exact) mass is 212 g/mol. The Balaban J connectivity index is 2.26. The van der Waals surface area contributed by atoms with E-state index in [1.54, 1.807) is 6.20 Å². The quantitative estimate of drug-likeness (QED) is 0.716. The number of rotatable bonds is 4. The topological polar surface area (TPSA) is 33.2 Å². The molecule has 0 aliphatic carbocycles. The van der Waals surface area contributed by atoms with E-state index in [9.17, 15) is 4.79 Å². The molecule has 1 heterocycles. The number of carbonyl (C=O) groups is 1. The van der Waals surface area contributed by atoms with E-state index in [2.05, 4.69) is 4.98 Å². The van der Waals surface area contributed by atoms with Crippen LogP contribution in [0.25, 0.3) is 0 Å². The second kappa shape index (κ2) is 5.60. The summed E-state index contributed by atoms with van der Waals surface area (Å²) >= 11 is 5.65. The number of nitrogens with zero attached hydrogens (tertiary/aromatic N) is 2. The fourth-order valence-electron chi connectivity index (χ4n) is 1.10. The minimum absolute atomic E-state index is 0.118. The normalized spacial score (nSPS) is 9.86. The first-order chi connectivity index (χ1) is 6.70. The van der Waals surface area contributed by atoms with Crippen LogP contribution < -0.4 is 0 Å². The molecule has 0 fully saturated rings. The minimum Gasteiger partial charge on any atom is -0.274 e. The second-order valence-corrected chi connectivity index (χ2v) is 3.44. The fourth-order valence-corrected chi connectivity index (χ4v) is 1.22. The molecule has 1 aromatic rings. The van der Waals surface area contributed by atoms with Crippen molar-refractivity contribution in [1.29, 1.82) is 0 Å². The van der Waals surface area contributed by atoms with Crippen LogP contribution >= 0.6 is 11.8 Å². The first-order valence-corrected chi connectivity index (χ1v) is 4.88. The Kier molecular flexibility index (Phi) is 4.40. The van der Waals surface area contributed by atoms with Gasteiger partial charge in [0, 0.05) is 37.1 Å². The molecule has 0 aliphatic rings. The zero-order valence-corrected chi connectivity index (χ0v) is 8.87. The Morgan fingerprint density at radius 2 is 2.36 bits per heavy atom. The van der Waals surface area contributed by atoms with Gasteiger partial charge in [-0.1, -0.05) is 6.07 Å². The van der Waals surface area contributed by atoms with Crippen LogP contribution in [0.4, 0.5) is 0 Å². The van der Waals surface area contributed by atoms with Crippen LogP contribution in [0.2, 0.25) is 0 Å². The van der Waals surface area contributed by atoms with Crippen molar-refractivity contribution in [3.8, 4) is 0 Å². The molecule has 0 saturated carbocycles. The first kappa shape index (κ1) is 11.0. The lowest BCUT2D eigenvalue weighted by Crippen LogP contribution is -2.19. The molecule has 3 nitrogen and oxygen atoms in total. The van der Waals surface area contributed by atoms with Crippen molar-refractivity contribution < 1.29 is 4.79 Å². The van der Waals surface area contributed by atoms with Crippen molar-refractivity contribution in [2.75, 3.05) is 6.54 Å². The zero-order chi connectivity index (χ0) is 10.4. The summed E-state index contributed by atoms with van der Waals surface area (Å²) in [6, 6.07) is 5.80. The third-order valence-electron chi connectivity index (χ3n) is 1.86. The Hall–Kier alpha value is -1.09. The van der Waals surface area contributed by atoms with Crippen LogP contribution in [-0.2, 0) is 11.2 Å². The standard InChI is InChI=1S/C10H13ClN2O/c1-9(14)13(11)8-4-6-10-5-2-3-7-12-10/h2-3,5,7H,4,6,8H2,1H3. The fraction of sp³-hybridized carbons (Fsp3) is 0.400. The van der Waals surface area contributed by atoms with Gasteiger partial charge in [0.15, 0.2) is 0 Å². The number of halogens is 1. The highest BCUT2D eigenvalue weighted by Crippen LogP contribution is 2.02. The van der Waals surface area contributed by atoms with E-state index >= 15 is 0 Å². The van der Waals surface area contributed by atoms with Crippen molar-refractivity contribution in [2.24, 2.45) is 0 Å². The van der Waals surface area contributed by atoms with E-state index in [1.165, 1.54) is 11.3 Å². The molecule has 1 aromatic heterocycles. The summed E-state index contributed by atoms with van der Waals surface area (Å²) in [6.07, 6.45) is 3.44. The number of hydrogen-bond acceptors (Lipinski definition) is 2. The summed E-state index contributed by atoms with van der Waals surface area (Å²) in [7, 11) is 0. The molecule has 0 bridgehead atoms. The van der Waals surface area contributed by atoms with E-state index in [1.807, 2.05) is 18.2 Å². The molecule has 4 heteroatoms. The Morgan fingerprint density at radius 3 is 2.93 bits per heavy atom. The lowest BCUT2D eigenvalue weighted by atomic mass is 10.2. The molecule has 0 aliphatic heterocycles. The predicted octanol–water partition coefficient (Wildman–Crippen LogP) is 2.02. The van der Waals surface area contributed by atoms with Crippen LogP contribution in [0.3, 0.4) is 0 Å². The molecule has 0 N–H and O–H groups in total. The molecule has 14 heavy (non-hydrogen) atoms. The summed E-state index contributed by atoms with van der Waals surface area (Å²) in [6.45, 7) is 2.02. The summed E-state index contributed by atoms with van der Waals surface area (Å²) in [5.41, 5.74) is 1.03. The van der Waals surface area contributed by atoms with Crippen LogP contribution in [0, 0.1) is 0 Å². The zero-order valence-electron chi connectivity index (χ0n) is 8.11. The molecule has 1 amide bonds. The van der Waals surface area contributed by atoms with Gasteiger partial charge in [0.05, 0.1) is 0 Å². The van der Waals surface area contributed by atoms with Gasteiger partial charge in [0.2, 0.25) is 5.91 Å². The maximum Gasteiger partial charge on any atom is 0.233 e. The molecule has 1 rings (SSSR count). The molecule has 0 atom stereocenters. The van der Waals surface area contributed by atoms with E-state index in [-0.39, 0.29) is 5.91 Å². The van der Waals surface area contributed by atoms with Crippen LogP contribution in [-0.4, -0.2) is 21.9 Å². The third kappa shape index (κ3) is 3.75. The van der Waals surface area contributed by atoms with E-state index in [4.69, 9.17) is 11.8 Å². The van der Waals surface area contributed by atoms with Crippen LogP contribution in [0.5, 0.6) is 0 Å². The van der Waals surface area contributed by atoms with Crippen LogP contribution in [0.15, 0.2) is 24.4 Å². The van der Waals surface area contributed by atoms with Crippen molar-refractivity contribution in [1.82, 2.24) is 9.40 Å². The van der Waals surface area contributed by atoms with Crippen molar-refractivity contribution >= 4 is 17.7 Å². The third-order valence-corrected chi connectivity index (χ3v) is 2.26. The van der Waals surface area contributed by atoms with E-state index in [0.29, 0.717) is 6.54 Å². The first-order valence-electron chi connectivity index (χ1n) is 4.54. The second-order valence-electron chi connectivity index (χ2n) is 3.03. The number of carbonyl (C=O) groups excluding carboxylic acids is 1. The van der Waals surface area contributed by atoms with E-state index < -0.39 is 0 Å². The average Bonchev–Trinajstić information content (AvgIpc) is 2.19. The molecule has 0 aromatic carbocycles. The summed E-state index contributed by atoms with van der Waals surface area (Å²) in [4.78, 5) is 14.9. The average molecular weight is 213 g/mol. The highest BCUT2D eigenvalue weighted by atomic mass is 35.5. The molecule has 0 spiro atoms. The summed E-state index contributed by atoms with van der Waals surface area (Å²) in [5.74, 6) is -0.118. The van der Waals surface area contributed by atoms with Gasteiger partial charge in [-0.2, -0.15) is 0 Å². The SMILES string of the molecule is CC(=O)N(Cl)CCCc1ccccn1. The molecular formula is C10H13ClN2O. The van der Waals surface area contributed by atoms with Crippen molar-refractivity contribution in [3.05, 3.63) is 30.1 Å². The van der Waals surface area contributed by atoms with Crippen molar-refractivity contribution in [3.63, 3.8) is 0 Å². The molecule has 76 valence electrons. The Bertz CT molecular complexity index is 289. The van der Waals surface area contributed by atoms with Gasteiger partial charge >= 0.3 is 0 Å². The largest absolute Gasteiger partial charge is 0.274 e. The van der Waals surface area contributed by atoms with Crippen molar-refractivity contribution in [2.45, 2.75) is 19.8 Å². The maximum absolute atomic E-state index is 10.8. The number of aryl methyl sites for hydroxylation is 1. The van der Waals surface area contributed by atoms with Gasteiger partial charge in [-0.05, 0) is 25.0 Å². The number of hydrogen-bond donors (Lipinski definition) is 0. The lowest BCUT2D eigenvalue weighted by molar-refractivity contribution is -0.124. The van der Waals surface area contributed by atoms with Gasteiger partial charge < -0.3 is 0 Å². The molecule has 0 saturated heterocycles. The molecule has 0 radical (unpaired) electrons. The van der Waals surface area contributed by atoms with Gasteiger partial charge in [-0.3, -0.25) is 14.2 Å². The highest BCUT2D eigenvalue weighted by Gasteiger charge is 2.03. The number of aromatic nitrogens is 1. The smallest absolute Gasteiger partial charge is 0.233 e. The molecule has 0 unspecified atom stereocenters. The number of pyridine rings is 1. The summed E-state index contributed by atoms with van der Waals surface area (Å²) < 4.78 is 1.20. The Morgan fingerprint density at radius 1 is 1.57 bits per heavy atom. The van der Waals surface area contributed by atoms with Crippen LogP contribution in [0.1, 0.15) is 19.0 Å². The van der Waals surface area contributed by atoms with Gasteiger partial charge in [-0.15, -0.1) is 0 Å². The molecular weight excluding hydrogens is 200 g/mol. The summed E-state index contributed by atoms with van der Waals surface area (Å²) in [5, 5.41) is 0. The number of amides is 1. The Labute approximate surface area is 88.8 Å².